The molecule has 210 valence electrons. The molecule has 0 fully saturated rings. The molecule has 2 heterocycles. The lowest BCUT2D eigenvalue weighted by atomic mass is 9.78. The highest BCUT2D eigenvalue weighted by Crippen LogP contribution is 2.51. The Morgan fingerprint density at radius 1 is 0.500 bits per heavy atom. The summed E-state index contributed by atoms with van der Waals surface area (Å²) in [5.74, 6) is 1.53. The number of benzene rings is 6. The van der Waals surface area contributed by atoms with Crippen molar-refractivity contribution in [3.63, 3.8) is 0 Å². The summed E-state index contributed by atoms with van der Waals surface area (Å²) < 4.78 is 11.5. The largest absolute Gasteiger partial charge is 0.656 e. The van der Waals surface area contributed by atoms with Gasteiger partial charge >= 0.3 is 0 Å². The molecule has 0 unspecified atom stereocenters. The van der Waals surface area contributed by atoms with Gasteiger partial charge < -0.3 is 14.5 Å². The summed E-state index contributed by atoms with van der Waals surface area (Å²) in [4.78, 5) is 4.17. The van der Waals surface area contributed by atoms with E-state index in [1.165, 1.54) is 39.4 Å². The molecule has 1 aromatic heterocycles. The van der Waals surface area contributed by atoms with Crippen LogP contribution in [0.5, 0.6) is 0 Å². The van der Waals surface area contributed by atoms with Crippen LogP contribution < -0.4 is 0 Å². The number of ether oxygens (including phenoxy) is 1. The Bertz CT molecular complexity index is 2130. The van der Waals surface area contributed by atoms with Crippen molar-refractivity contribution >= 4 is 16.5 Å². The normalized spacial score (nSPS) is 12.5. The van der Waals surface area contributed by atoms with Gasteiger partial charge in [0.15, 0.2) is 12.2 Å². The predicted octanol–water partition coefficient (Wildman–Crippen LogP) is 10.8. The summed E-state index contributed by atoms with van der Waals surface area (Å²) in [6.45, 7) is 0.359. The Labute approximate surface area is 255 Å². The second-order valence-corrected chi connectivity index (χ2v) is 10.8. The Hall–Kier alpha value is -5.87. The first kappa shape index (κ1) is 25.8. The first-order valence-electron chi connectivity index (χ1n) is 14.6. The van der Waals surface area contributed by atoms with E-state index in [4.69, 9.17) is 9.15 Å². The standard InChI is InChI=1S/C40H27N2O2/c1-3-11-27(12-4-1)39-37(31-17-9-15-29(21-31)35-23-41-25-43-35)33-19-7-8-20-34(33)38(40(39)28-13-5-2-6-14-28)32-18-10-16-30(22-32)36-24-42-26-44-36/h1-25H,26H2/q-1. The van der Waals surface area contributed by atoms with Gasteiger partial charge in [0.25, 0.3) is 0 Å². The van der Waals surface area contributed by atoms with E-state index in [2.05, 4.69) is 144 Å². The van der Waals surface area contributed by atoms with Crippen molar-refractivity contribution in [3.8, 4) is 55.8 Å². The lowest BCUT2D eigenvalue weighted by Gasteiger charge is -2.24. The van der Waals surface area contributed by atoms with E-state index in [-0.39, 0.29) is 0 Å². The third-order valence-corrected chi connectivity index (χ3v) is 8.15. The summed E-state index contributed by atoms with van der Waals surface area (Å²) in [6.07, 6.45) is 5.05. The highest BCUT2D eigenvalue weighted by atomic mass is 16.5. The van der Waals surface area contributed by atoms with Crippen molar-refractivity contribution in [2.24, 2.45) is 0 Å². The van der Waals surface area contributed by atoms with Gasteiger partial charge in [0.2, 0.25) is 0 Å². The lowest BCUT2D eigenvalue weighted by molar-refractivity contribution is 0.330. The average molecular weight is 568 g/mol. The van der Waals surface area contributed by atoms with E-state index < -0.39 is 0 Å². The highest BCUT2D eigenvalue weighted by Gasteiger charge is 2.24. The van der Waals surface area contributed by atoms with Crippen LogP contribution in [0.25, 0.3) is 77.7 Å². The van der Waals surface area contributed by atoms with E-state index in [1.807, 2.05) is 6.20 Å². The third kappa shape index (κ3) is 4.54. The van der Waals surface area contributed by atoms with Gasteiger partial charge in [-0.15, -0.1) is 6.20 Å². The second-order valence-electron chi connectivity index (χ2n) is 10.8. The maximum atomic E-state index is 5.83. The third-order valence-electron chi connectivity index (χ3n) is 8.15. The number of nitrogens with zero attached hydrogens (tertiary/aromatic N) is 2. The molecule has 0 N–H and O–H groups in total. The van der Waals surface area contributed by atoms with Crippen LogP contribution in [0, 0.1) is 0 Å². The minimum absolute atomic E-state index is 0.359. The molecule has 0 saturated heterocycles. The number of fused-ring (bicyclic) bond motifs is 1. The van der Waals surface area contributed by atoms with Crippen molar-refractivity contribution in [3.05, 3.63) is 163 Å². The van der Waals surface area contributed by atoms with Crippen molar-refractivity contribution in [2.45, 2.75) is 0 Å². The van der Waals surface area contributed by atoms with Crippen molar-refractivity contribution in [1.29, 1.82) is 0 Å². The van der Waals surface area contributed by atoms with Crippen LogP contribution >= 0.6 is 0 Å². The molecule has 0 amide bonds. The number of oxazole rings is 1. The Morgan fingerprint density at radius 2 is 1.02 bits per heavy atom. The van der Waals surface area contributed by atoms with Crippen LogP contribution in [-0.4, -0.2) is 11.7 Å². The van der Waals surface area contributed by atoms with Crippen molar-refractivity contribution in [1.82, 2.24) is 4.98 Å². The molecule has 4 nitrogen and oxygen atoms in total. The van der Waals surface area contributed by atoms with E-state index in [0.29, 0.717) is 6.73 Å². The fourth-order valence-corrected chi connectivity index (χ4v) is 6.26. The lowest BCUT2D eigenvalue weighted by Crippen LogP contribution is -1.98. The SMILES string of the molecule is C1=C(c2cccc(-c3c(-c4ccccc4)c(-c4ccccc4)c(-c4cccc(-c5cnco5)c4)c4ccccc34)c2)OC[N-]1. The molecule has 0 spiro atoms. The first-order chi connectivity index (χ1) is 21.8. The zero-order valence-corrected chi connectivity index (χ0v) is 23.9. The highest BCUT2D eigenvalue weighted by molar-refractivity contribution is 6.18. The van der Waals surface area contributed by atoms with Gasteiger partial charge in [0, 0.05) is 17.9 Å². The quantitative estimate of drug-likeness (QED) is 0.201. The van der Waals surface area contributed by atoms with Crippen LogP contribution in [0.3, 0.4) is 0 Å². The summed E-state index contributed by atoms with van der Waals surface area (Å²) in [5, 5.41) is 6.64. The van der Waals surface area contributed by atoms with Gasteiger partial charge in [-0.05, 0) is 67.4 Å². The summed E-state index contributed by atoms with van der Waals surface area (Å²) >= 11 is 0. The molecule has 44 heavy (non-hydrogen) atoms. The van der Waals surface area contributed by atoms with Crippen LogP contribution in [0.4, 0.5) is 0 Å². The summed E-state index contributed by atoms with van der Waals surface area (Å²) in [5.41, 5.74) is 11.2. The topological polar surface area (TPSA) is 49.4 Å². The summed E-state index contributed by atoms with van der Waals surface area (Å²) in [7, 11) is 0. The van der Waals surface area contributed by atoms with Gasteiger partial charge in [0.05, 0.1) is 6.20 Å². The Balaban J connectivity index is 1.53. The molecule has 6 aromatic carbocycles. The molecular formula is C40H27N2O2-. The first-order valence-corrected chi connectivity index (χ1v) is 14.6. The van der Waals surface area contributed by atoms with Gasteiger partial charge in [0.1, 0.15) is 5.76 Å². The fraction of sp³-hybridized carbons (Fsp3) is 0.0250. The van der Waals surface area contributed by atoms with Crippen molar-refractivity contribution < 1.29 is 9.15 Å². The smallest absolute Gasteiger partial charge is 0.181 e. The van der Waals surface area contributed by atoms with Crippen molar-refractivity contribution in [2.75, 3.05) is 6.73 Å². The van der Waals surface area contributed by atoms with E-state index >= 15 is 0 Å². The van der Waals surface area contributed by atoms with Gasteiger partial charge in [-0.25, -0.2) is 4.98 Å². The molecule has 0 atom stereocenters. The Kier molecular flexibility index (Phi) is 6.50. The fourth-order valence-electron chi connectivity index (χ4n) is 6.26. The van der Waals surface area contributed by atoms with Crippen LogP contribution in [-0.2, 0) is 4.74 Å². The molecule has 0 saturated carbocycles. The molecule has 8 rings (SSSR count). The molecule has 0 bridgehead atoms. The van der Waals surface area contributed by atoms with Gasteiger partial charge in [-0.2, -0.15) is 0 Å². The molecule has 0 radical (unpaired) electrons. The van der Waals surface area contributed by atoms with Gasteiger partial charge in [-0.1, -0.05) is 121 Å². The maximum Gasteiger partial charge on any atom is 0.181 e. The number of hydrogen-bond acceptors (Lipinski definition) is 3. The Morgan fingerprint density at radius 3 is 1.57 bits per heavy atom. The van der Waals surface area contributed by atoms with E-state index in [1.54, 1.807) is 6.20 Å². The van der Waals surface area contributed by atoms with Crippen LogP contribution in [0.2, 0.25) is 0 Å². The van der Waals surface area contributed by atoms with E-state index in [9.17, 15) is 0 Å². The van der Waals surface area contributed by atoms with E-state index in [0.717, 1.165) is 44.9 Å². The number of hydrogen-bond donors (Lipinski definition) is 0. The maximum absolute atomic E-state index is 5.83. The zero-order valence-electron chi connectivity index (χ0n) is 23.9. The minimum Gasteiger partial charge on any atom is -0.656 e. The molecule has 1 aliphatic heterocycles. The molecule has 7 aromatic rings. The molecular weight excluding hydrogens is 540 g/mol. The summed E-state index contributed by atoms with van der Waals surface area (Å²) in [6, 6.07) is 47.3. The molecule has 1 aliphatic rings. The second kappa shape index (κ2) is 11.1. The number of aromatic nitrogens is 1. The van der Waals surface area contributed by atoms with Gasteiger partial charge in [-0.3, -0.25) is 0 Å². The molecule has 0 aliphatic carbocycles. The van der Waals surface area contributed by atoms with Crippen LogP contribution in [0.15, 0.2) is 157 Å². The zero-order chi connectivity index (χ0) is 29.3. The number of rotatable bonds is 6. The van der Waals surface area contributed by atoms with Crippen LogP contribution in [0.1, 0.15) is 5.56 Å². The average Bonchev–Trinajstić information content (AvgIpc) is 3.84. The molecule has 4 heteroatoms. The predicted molar refractivity (Wildman–Crippen MR) is 178 cm³/mol. The minimum atomic E-state index is 0.359. The monoisotopic (exact) mass is 567 g/mol.